The van der Waals surface area contributed by atoms with Gasteiger partial charge in [0.05, 0.1) is 6.61 Å². The summed E-state index contributed by atoms with van der Waals surface area (Å²) in [4.78, 5) is 13.3. The Hall–Kier alpha value is -0.650. The number of hydrogen-bond acceptors (Lipinski definition) is 4. The van der Waals surface area contributed by atoms with Crippen molar-refractivity contribution in [1.82, 2.24) is 4.90 Å². The summed E-state index contributed by atoms with van der Waals surface area (Å²) in [6.45, 7) is 6.61. The highest BCUT2D eigenvalue weighted by Crippen LogP contribution is 2.11. The first kappa shape index (κ1) is 12.4. The number of nitrogens with zero attached hydrogens (tertiary/aromatic N) is 1. The molecule has 88 valence electrons. The van der Waals surface area contributed by atoms with E-state index in [1.807, 2.05) is 0 Å². The summed E-state index contributed by atoms with van der Waals surface area (Å²) >= 11 is 0. The standard InChI is InChI=1S/C10H21N3O2/c1-8-6-15-5-3-4-13(8)7-10(2,12)9(11)14/h8H,3-7,12H2,1-2H3,(H2,11,14). The van der Waals surface area contributed by atoms with Crippen LogP contribution < -0.4 is 11.5 Å². The van der Waals surface area contributed by atoms with Crippen molar-refractivity contribution in [3.05, 3.63) is 0 Å². The highest BCUT2D eigenvalue weighted by Gasteiger charge is 2.30. The largest absolute Gasteiger partial charge is 0.380 e. The summed E-state index contributed by atoms with van der Waals surface area (Å²) in [7, 11) is 0. The zero-order chi connectivity index (χ0) is 11.5. The number of rotatable bonds is 3. The molecule has 1 heterocycles. The molecule has 0 aromatic heterocycles. The van der Waals surface area contributed by atoms with Gasteiger partial charge in [-0.3, -0.25) is 9.69 Å². The molecule has 0 aromatic rings. The lowest BCUT2D eigenvalue weighted by Gasteiger charge is -2.32. The van der Waals surface area contributed by atoms with Gasteiger partial charge in [-0.15, -0.1) is 0 Å². The predicted octanol–water partition coefficient (Wildman–Crippen LogP) is -0.700. The predicted molar refractivity (Wildman–Crippen MR) is 58.3 cm³/mol. The van der Waals surface area contributed by atoms with Crippen molar-refractivity contribution in [3.8, 4) is 0 Å². The van der Waals surface area contributed by atoms with Gasteiger partial charge in [-0.2, -0.15) is 0 Å². The Labute approximate surface area is 90.7 Å². The van der Waals surface area contributed by atoms with Crippen LogP contribution in [0.3, 0.4) is 0 Å². The fourth-order valence-electron chi connectivity index (χ4n) is 1.68. The Balaban J connectivity index is 2.58. The lowest BCUT2D eigenvalue weighted by atomic mass is 10.0. The monoisotopic (exact) mass is 215 g/mol. The molecule has 1 rings (SSSR count). The third-order valence-electron chi connectivity index (χ3n) is 2.81. The van der Waals surface area contributed by atoms with Crippen LogP contribution in [0.2, 0.25) is 0 Å². The van der Waals surface area contributed by atoms with Crippen molar-refractivity contribution in [1.29, 1.82) is 0 Å². The lowest BCUT2D eigenvalue weighted by molar-refractivity contribution is -0.123. The molecular formula is C10H21N3O2. The van der Waals surface area contributed by atoms with Gasteiger partial charge in [0.2, 0.25) is 5.91 Å². The van der Waals surface area contributed by atoms with Crippen molar-refractivity contribution in [2.24, 2.45) is 11.5 Å². The Bertz CT molecular complexity index is 231. The van der Waals surface area contributed by atoms with E-state index in [1.54, 1.807) is 6.92 Å². The fourth-order valence-corrected chi connectivity index (χ4v) is 1.68. The number of ether oxygens (including phenoxy) is 1. The van der Waals surface area contributed by atoms with Gasteiger partial charge in [-0.1, -0.05) is 0 Å². The normalized spacial score (nSPS) is 28.1. The molecular weight excluding hydrogens is 194 g/mol. The van der Waals surface area contributed by atoms with Crippen molar-refractivity contribution >= 4 is 5.91 Å². The number of carbonyl (C=O) groups is 1. The van der Waals surface area contributed by atoms with Crippen LogP contribution in [0.4, 0.5) is 0 Å². The van der Waals surface area contributed by atoms with E-state index >= 15 is 0 Å². The summed E-state index contributed by atoms with van der Waals surface area (Å²) in [5.74, 6) is -0.458. The van der Waals surface area contributed by atoms with E-state index in [2.05, 4.69) is 11.8 Å². The third-order valence-corrected chi connectivity index (χ3v) is 2.81. The SMILES string of the molecule is CC1COCCCN1CC(C)(N)C(N)=O. The minimum absolute atomic E-state index is 0.287. The van der Waals surface area contributed by atoms with E-state index in [0.29, 0.717) is 13.2 Å². The van der Waals surface area contributed by atoms with Crippen molar-refractivity contribution < 1.29 is 9.53 Å². The molecule has 5 heteroatoms. The van der Waals surface area contributed by atoms with Crippen LogP contribution in [-0.4, -0.2) is 48.7 Å². The second-order valence-electron chi connectivity index (χ2n) is 4.53. The molecule has 1 aliphatic rings. The zero-order valence-electron chi connectivity index (χ0n) is 9.53. The van der Waals surface area contributed by atoms with E-state index in [9.17, 15) is 4.79 Å². The van der Waals surface area contributed by atoms with Crippen LogP contribution in [0.25, 0.3) is 0 Å². The maximum absolute atomic E-state index is 11.1. The van der Waals surface area contributed by atoms with Gasteiger partial charge in [0.1, 0.15) is 5.54 Å². The molecule has 15 heavy (non-hydrogen) atoms. The van der Waals surface area contributed by atoms with Crippen LogP contribution in [-0.2, 0) is 9.53 Å². The molecule has 1 aliphatic heterocycles. The Morgan fingerprint density at radius 2 is 2.33 bits per heavy atom. The summed E-state index contributed by atoms with van der Waals surface area (Å²) in [5, 5.41) is 0. The second-order valence-corrected chi connectivity index (χ2v) is 4.53. The van der Waals surface area contributed by atoms with Crippen LogP contribution in [0.15, 0.2) is 0 Å². The molecule has 0 aliphatic carbocycles. The minimum Gasteiger partial charge on any atom is -0.380 e. The van der Waals surface area contributed by atoms with E-state index in [0.717, 1.165) is 19.6 Å². The molecule has 2 atom stereocenters. The summed E-state index contributed by atoms with van der Waals surface area (Å²) in [6, 6.07) is 0.287. The first-order chi connectivity index (χ1) is 6.93. The molecule has 2 unspecified atom stereocenters. The smallest absolute Gasteiger partial charge is 0.238 e. The summed E-state index contributed by atoms with van der Waals surface area (Å²) in [6.07, 6.45) is 0.971. The summed E-state index contributed by atoms with van der Waals surface area (Å²) < 4.78 is 5.41. The van der Waals surface area contributed by atoms with Gasteiger partial charge in [0.15, 0.2) is 0 Å². The molecule has 4 N–H and O–H groups in total. The molecule has 0 bridgehead atoms. The van der Waals surface area contributed by atoms with Gasteiger partial charge in [-0.25, -0.2) is 0 Å². The molecule has 0 aromatic carbocycles. The van der Waals surface area contributed by atoms with Crippen LogP contribution >= 0.6 is 0 Å². The Morgan fingerprint density at radius 1 is 1.67 bits per heavy atom. The maximum atomic E-state index is 11.1. The lowest BCUT2D eigenvalue weighted by Crippen LogP contribution is -2.58. The first-order valence-electron chi connectivity index (χ1n) is 5.34. The number of hydrogen-bond donors (Lipinski definition) is 2. The molecule has 1 fully saturated rings. The van der Waals surface area contributed by atoms with Crippen molar-refractivity contribution in [2.45, 2.75) is 31.8 Å². The van der Waals surface area contributed by atoms with E-state index in [1.165, 1.54) is 0 Å². The van der Waals surface area contributed by atoms with Gasteiger partial charge >= 0.3 is 0 Å². The Kier molecular flexibility index (Phi) is 4.07. The molecule has 5 nitrogen and oxygen atoms in total. The topological polar surface area (TPSA) is 81.6 Å². The zero-order valence-corrected chi connectivity index (χ0v) is 9.53. The van der Waals surface area contributed by atoms with Crippen LogP contribution in [0.1, 0.15) is 20.3 Å². The van der Waals surface area contributed by atoms with E-state index in [4.69, 9.17) is 16.2 Å². The molecule has 0 spiro atoms. The van der Waals surface area contributed by atoms with Gasteiger partial charge in [0.25, 0.3) is 0 Å². The van der Waals surface area contributed by atoms with Gasteiger partial charge < -0.3 is 16.2 Å². The Morgan fingerprint density at radius 3 is 2.93 bits per heavy atom. The average Bonchev–Trinajstić information content (AvgIpc) is 2.31. The average molecular weight is 215 g/mol. The quantitative estimate of drug-likeness (QED) is 0.652. The van der Waals surface area contributed by atoms with Gasteiger partial charge in [-0.05, 0) is 20.3 Å². The fraction of sp³-hybridized carbons (Fsp3) is 0.900. The van der Waals surface area contributed by atoms with Crippen LogP contribution in [0.5, 0.6) is 0 Å². The highest BCUT2D eigenvalue weighted by atomic mass is 16.5. The van der Waals surface area contributed by atoms with Crippen LogP contribution in [0, 0.1) is 0 Å². The van der Waals surface area contributed by atoms with Crippen molar-refractivity contribution in [3.63, 3.8) is 0 Å². The number of nitrogens with two attached hydrogens (primary N) is 2. The van der Waals surface area contributed by atoms with E-state index in [-0.39, 0.29) is 6.04 Å². The molecule has 0 saturated carbocycles. The second kappa shape index (κ2) is 4.92. The summed E-state index contributed by atoms with van der Waals surface area (Å²) in [5.41, 5.74) is 10.1. The molecule has 1 saturated heterocycles. The number of amides is 1. The first-order valence-corrected chi connectivity index (χ1v) is 5.34. The molecule has 0 radical (unpaired) electrons. The third kappa shape index (κ3) is 3.44. The molecule has 1 amide bonds. The number of primary amides is 1. The van der Waals surface area contributed by atoms with E-state index < -0.39 is 11.4 Å². The van der Waals surface area contributed by atoms with Crippen molar-refractivity contribution in [2.75, 3.05) is 26.3 Å². The van der Waals surface area contributed by atoms with Gasteiger partial charge in [0, 0.05) is 25.7 Å². The number of carbonyl (C=O) groups excluding carboxylic acids is 1. The highest BCUT2D eigenvalue weighted by molar-refractivity contribution is 5.84. The minimum atomic E-state index is -0.960. The maximum Gasteiger partial charge on any atom is 0.238 e.